The van der Waals surface area contributed by atoms with Gasteiger partial charge in [0, 0.05) is 0 Å². The van der Waals surface area contributed by atoms with Crippen LogP contribution in [0.25, 0.3) is 0 Å². The van der Waals surface area contributed by atoms with Crippen molar-refractivity contribution in [1.82, 2.24) is 0 Å². The molecule has 0 amide bonds. The molecule has 1 nitrogen and oxygen atoms in total. The van der Waals surface area contributed by atoms with Crippen LogP contribution in [-0.4, -0.2) is 11.2 Å². The second-order valence-electron chi connectivity index (χ2n) is 1.02. The van der Waals surface area contributed by atoms with Gasteiger partial charge in [-0.3, -0.25) is 0 Å². The predicted octanol–water partition coefficient (Wildman–Crippen LogP) is 0.886. The van der Waals surface area contributed by atoms with Gasteiger partial charge >= 0.3 is 54.4 Å². The first-order chi connectivity index (χ1) is 3.31. The van der Waals surface area contributed by atoms with E-state index in [1.165, 1.54) is 19.4 Å². The van der Waals surface area contributed by atoms with Crippen molar-refractivity contribution in [3.63, 3.8) is 0 Å². The summed E-state index contributed by atoms with van der Waals surface area (Å²) < 4.78 is 5.89. The molecule has 0 aliphatic carbocycles. The average molecular weight is 268 g/mol. The standard InChI is InChI=1S/C5H8O.W/c1-3-4-5-6-2;/h3-4H,1-2H3;/b4-3+;. The van der Waals surface area contributed by atoms with Gasteiger partial charge in [0.1, 0.15) is 0 Å². The van der Waals surface area contributed by atoms with E-state index in [4.69, 9.17) is 4.74 Å². The van der Waals surface area contributed by atoms with Crippen LogP contribution in [0.3, 0.4) is 0 Å². The van der Waals surface area contributed by atoms with Crippen molar-refractivity contribution in [1.29, 1.82) is 0 Å². The maximum absolute atomic E-state index is 4.86. The molecule has 0 aromatic heterocycles. The number of hydrogen-bond donors (Lipinski definition) is 0. The Kier molecular flexibility index (Phi) is 4.58. The van der Waals surface area contributed by atoms with E-state index in [2.05, 4.69) is 0 Å². The van der Waals surface area contributed by atoms with Crippen LogP contribution in [0, 0.1) is 0 Å². The van der Waals surface area contributed by atoms with Gasteiger partial charge < -0.3 is 0 Å². The number of methoxy groups -OCH3 is 1. The Balaban J connectivity index is 3.37. The van der Waals surface area contributed by atoms with Crippen LogP contribution in [0.5, 0.6) is 0 Å². The van der Waals surface area contributed by atoms with E-state index in [1.54, 1.807) is 7.11 Å². The second kappa shape index (κ2) is 4.42. The SMILES string of the molecule is C/C=C/[C](=[W])OC. The number of hydrogen-bond acceptors (Lipinski definition) is 1. The Morgan fingerprint density at radius 3 is 2.43 bits per heavy atom. The van der Waals surface area contributed by atoms with Crippen LogP contribution in [0.2, 0.25) is 0 Å². The van der Waals surface area contributed by atoms with Crippen molar-refractivity contribution in [2.24, 2.45) is 0 Å². The normalized spacial score (nSPS) is 10.0. The monoisotopic (exact) mass is 268 g/mol. The second-order valence-corrected chi connectivity index (χ2v) is 2.47. The van der Waals surface area contributed by atoms with Crippen molar-refractivity contribution < 1.29 is 24.1 Å². The van der Waals surface area contributed by atoms with Gasteiger partial charge in [-0.15, -0.1) is 0 Å². The van der Waals surface area contributed by atoms with Gasteiger partial charge in [0.15, 0.2) is 0 Å². The minimum atomic E-state index is 1.03. The Labute approximate surface area is 54.8 Å². The summed E-state index contributed by atoms with van der Waals surface area (Å²) in [7, 11) is 1.68. The Bertz CT molecular complexity index is 86.1. The molecular formula is C5H8OW. The third-order valence-electron chi connectivity index (χ3n) is 0.504. The summed E-state index contributed by atoms with van der Waals surface area (Å²) in [6.45, 7) is 1.97. The molecular weight excluding hydrogens is 260 g/mol. The molecule has 0 bridgehead atoms. The zero-order valence-corrected chi connectivity index (χ0v) is 7.40. The molecule has 0 spiro atoms. The van der Waals surface area contributed by atoms with Crippen molar-refractivity contribution in [3.05, 3.63) is 12.2 Å². The summed E-state index contributed by atoms with van der Waals surface area (Å²) in [4.78, 5) is 0. The van der Waals surface area contributed by atoms with Crippen molar-refractivity contribution >= 4 is 4.08 Å². The molecule has 2 heteroatoms. The van der Waals surface area contributed by atoms with E-state index in [1.807, 2.05) is 19.1 Å². The van der Waals surface area contributed by atoms with E-state index < -0.39 is 0 Å². The van der Waals surface area contributed by atoms with Gasteiger partial charge in [0.05, 0.1) is 0 Å². The first kappa shape index (κ1) is 7.26. The quantitative estimate of drug-likeness (QED) is 0.722. The molecule has 0 N–H and O–H groups in total. The fourth-order valence-electron chi connectivity index (χ4n) is 0.204. The van der Waals surface area contributed by atoms with E-state index in [0.717, 1.165) is 4.08 Å². The molecule has 0 fully saturated rings. The van der Waals surface area contributed by atoms with Gasteiger partial charge in [-0.05, 0) is 0 Å². The molecule has 0 saturated carbocycles. The molecule has 0 aromatic carbocycles. The van der Waals surface area contributed by atoms with Crippen LogP contribution in [-0.2, 0) is 24.1 Å². The van der Waals surface area contributed by atoms with Crippen molar-refractivity contribution in [2.75, 3.05) is 7.11 Å². The maximum atomic E-state index is 4.86. The van der Waals surface area contributed by atoms with Gasteiger partial charge in [-0.2, -0.15) is 0 Å². The fourth-order valence-corrected chi connectivity index (χ4v) is 0.693. The van der Waals surface area contributed by atoms with Gasteiger partial charge in [-0.25, -0.2) is 0 Å². The Hall–Kier alpha value is 0.258. The summed E-state index contributed by atoms with van der Waals surface area (Å²) in [6, 6.07) is 0. The van der Waals surface area contributed by atoms with Crippen molar-refractivity contribution in [2.45, 2.75) is 6.92 Å². The Morgan fingerprint density at radius 1 is 1.71 bits per heavy atom. The molecule has 0 atom stereocenters. The first-order valence-corrected chi connectivity index (χ1v) is 3.48. The summed E-state index contributed by atoms with van der Waals surface area (Å²) in [5.74, 6) is 0. The topological polar surface area (TPSA) is 9.23 Å². The molecule has 7 heavy (non-hydrogen) atoms. The molecule has 0 aromatic rings. The summed E-state index contributed by atoms with van der Waals surface area (Å²) in [5.41, 5.74) is 0. The van der Waals surface area contributed by atoms with Crippen LogP contribution >= 0.6 is 0 Å². The fraction of sp³-hybridized carbons (Fsp3) is 0.400. The summed E-state index contributed by atoms with van der Waals surface area (Å²) in [5, 5.41) is 0. The van der Waals surface area contributed by atoms with Crippen LogP contribution < -0.4 is 0 Å². The molecule has 0 heterocycles. The molecule has 0 unspecified atom stereocenters. The van der Waals surface area contributed by atoms with Gasteiger partial charge in [-0.1, -0.05) is 0 Å². The van der Waals surface area contributed by atoms with E-state index in [-0.39, 0.29) is 0 Å². The number of ether oxygens (including phenoxy) is 1. The molecule has 40 valence electrons. The van der Waals surface area contributed by atoms with Crippen molar-refractivity contribution in [3.8, 4) is 0 Å². The van der Waals surface area contributed by atoms with E-state index in [0.29, 0.717) is 0 Å². The first-order valence-electron chi connectivity index (χ1n) is 2.02. The summed E-state index contributed by atoms with van der Waals surface area (Å²) >= 11 is 1.37. The Morgan fingerprint density at radius 2 is 2.29 bits per heavy atom. The van der Waals surface area contributed by atoms with E-state index >= 15 is 0 Å². The molecule has 0 radical (unpaired) electrons. The third kappa shape index (κ3) is 4.10. The molecule has 0 aliphatic heterocycles. The molecule has 0 aliphatic rings. The van der Waals surface area contributed by atoms with Crippen LogP contribution in [0.4, 0.5) is 0 Å². The molecule has 0 saturated heterocycles. The van der Waals surface area contributed by atoms with Gasteiger partial charge in [0.2, 0.25) is 0 Å². The summed E-state index contributed by atoms with van der Waals surface area (Å²) in [6.07, 6.45) is 3.92. The molecule has 0 rings (SSSR count). The van der Waals surface area contributed by atoms with E-state index in [9.17, 15) is 0 Å². The van der Waals surface area contributed by atoms with Crippen LogP contribution in [0.15, 0.2) is 12.2 Å². The number of allylic oxidation sites excluding steroid dienone is 1. The van der Waals surface area contributed by atoms with Gasteiger partial charge in [0.25, 0.3) is 0 Å². The minimum absolute atomic E-state index is 1.03. The third-order valence-corrected chi connectivity index (χ3v) is 1.59. The zero-order chi connectivity index (χ0) is 5.70. The number of rotatable bonds is 2. The van der Waals surface area contributed by atoms with Crippen LogP contribution in [0.1, 0.15) is 6.92 Å². The zero-order valence-electron chi connectivity index (χ0n) is 4.47. The predicted molar refractivity (Wildman–Crippen MR) is 26.8 cm³/mol. The average Bonchev–Trinajstić information content (AvgIpc) is 1.68.